The van der Waals surface area contributed by atoms with Gasteiger partial charge in [-0.2, -0.15) is 0 Å². The van der Waals surface area contributed by atoms with E-state index in [2.05, 4.69) is 18.3 Å². The molecule has 1 aliphatic rings. The molecule has 100 valence electrons. The molecule has 0 aliphatic heterocycles. The first kappa shape index (κ1) is 15.1. The smallest absolute Gasteiger partial charge is 0.252 e. The fourth-order valence-corrected chi connectivity index (χ4v) is 2.04. The van der Waals surface area contributed by atoms with E-state index in [1.54, 1.807) is 0 Å². The second-order valence-corrected chi connectivity index (χ2v) is 4.96. The predicted molar refractivity (Wildman–Crippen MR) is 79.6 cm³/mol. The van der Waals surface area contributed by atoms with Crippen LogP contribution >= 0.6 is 12.2 Å². The van der Waals surface area contributed by atoms with E-state index in [9.17, 15) is 4.79 Å². The average Bonchev–Trinajstić information content (AvgIpc) is 2.38. The summed E-state index contributed by atoms with van der Waals surface area (Å²) in [6, 6.07) is 0. The number of carbonyl (C=O) groups excluding carboxylic acids is 1. The summed E-state index contributed by atoms with van der Waals surface area (Å²) < 4.78 is 0. The minimum atomic E-state index is -0.0354. The van der Waals surface area contributed by atoms with Crippen LogP contribution in [0.5, 0.6) is 0 Å². The van der Waals surface area contributed by atoms with Crippen molar-refractivity contribution >= 4 is 23.0 Å². The Morgan fingerprint density at radius 3 is 2.94 bits per heavy atom. The van der Waals surface area contributed by atoms with E-state index < -0.39 is 0 Å². The van der Waals surface area contributed by atoms with Crippen LogP contribution in [0.4, 0.5) is 0 Å². The van der Waals surface area contributed by atoms with E-state index in [0.717, 1.165) is 37.1 Å². The molecule has 3 N–H and O–H groups in total. The highest BCUT2D eigenvalue weighted by Gasteiger charge is 2.17. The molecule has 0 fully saturated rings. The average molecular weight is 266 g/mol. The summed E-state index contributed by atoms with van der Waals surface area (Å²) >= 11 is 5.25. The third-order valence-corrected chi connectivity index (χ3v) is 3.30. The number of allylic oxidation sites excluding steroid dienone is 3. The number of nitrogens with one attached hydrogen (secondary N) is 1. The molecule has 0 saturated carbocycles. The Hall–Kier alpha value is -1.00. The Kier molecular flexibility index (Phi) is 6.83. The van der Waals surface area contributed by atoms with E-state index in [-0.39, 0.29) is 5.91 Å². The summed E-state index contributed by atoms with van der Waals surface area (Å²) in [5.41, 5.74) is 7.33. The van der Waals surface area contributed by atoms with Crippen LogP contribution in [0.1, 0.15) is 39.0 Å². The molecule has 0 saturated heterocycles. The molecule has 0 bridgehead atoms. The van der Waals surface area contributed by atoms with Gasteiger partial charge in [0.1, 0.15) is 0 Å². The molecule has 0 heterocycles. The van der Waals surface area contributed by atoms with Crippen molar-refractivity contribution < 1.29 is 4.79 Å². The molecule has 1 aliphatic carbocycles. The summed E-state index contributed by atoms with van der Waals surface area (Å²) in [6.07, 6.45) is 8.66. The lowest BCUT2D eigenvalue weighted by Crippen LogP contribution is -2.29. The van der Waals surface area contributed by atoms with E-state index in [1.807, 2.05) is 6.08 Å². The van der Waals surface area contributed by atoms with Crippen LogP contribution in [-0.2, 0) is 4.79 Å². The number of nitrogens with two attached hydrogens (primary N) is 1. The van der Waals surface area contributed by atoms with Crippen molar-refractivity contribution in [1.82, 2.24) is 5.32 Å². The van der Waals surface area contributed by atoms with Gasteiger partial charge >= 0.3 is 0 Å². The molecule has 1 amide bonds. The number of carbonyl (C=O) groups is 1. The second-order valence-electron chi connectivity index (χ2n) is 4.47. The molecule has 0 radical (unpaired) electrons. The first-order valence-electron chi connectivity index (χ1n) is 6.61. The molecule has 0 aromatic heterocycles. The molecule has 0 spiro atoms. The fourth-order valence-electron chi connectivity index (χ4n) is 1.81. The van der Waals surface area contributed by atoms with Gasteiger partial charge in [-0.05, 0) is 31.9 Å². The van der Waals surface area contributed by atoms with E-state index >= 15 is 0 Å². The van der Waals surface area contributed by atoms with Gasteiger partial charge in [0.25, 0.3) is 5.91 Å². The first-order chi connectivity index (χ1) is 8.69. The fraction of sp³-hybridized carbons (Fsp3) is 0.571. The van der Waals surface area contributed by atoms with Gasteiger partial charge in [-0.25, -0.2) is 0 Å². The molecular formula is C14H22N2OS. The number of thiocarbonyl (C=S) groups is 1. The molecule has 0 aromatic rings. The third kappa shape index (κ3) is 4.70. The van der Waals surface area contributed by atoms with Gasteiger partial charge in [-0.1, -0.05) is 37.2 Å². The normalized spacial score (nSPS) is 15.1. The van der Waals surface area contributed by atoms with Crippen molar-refractivity contribution in [2.75, 3.05) is 13.1 Å². The summed E-state index contributed by atoms with van der Waals surface area (Å²) in [5, 5.41) is 2.91. The monoisotopic (exact) mass is 266 g/mol. The van der Waals surface area contributed by atoms with E-state index in [4.69, 9.17) is 18.0 Å². The first-order valence-corrected chi connectivity index (χ1v) is 7.02. The minimum Gasteiger partial charge on any atom is -0.352 e. The van der Waals surface area contributed by atoms with Crippen LogP contribution < -0.4 is 11.1 Å². The summed E-state index contributed by atoms with van der Waals surface area (Å²) in [4.78, 5) is 12.7. The zero-order valence-electron chi connectivity index (χ0n) is 11.0. The van der Waals surface area contributed by atoms with Crippen LogP contribution in [0.15, 0.2) is 23.3 Å². The number of hydrogen-bond acceptors (Lipinski definition) is 3. The van der Waals surface area contributed by atoms with Crippen molar-refractivity contribution in [2.45, 2.75) is 39.0 Å². The predicted octanol–water partition coefficient (Wildman–Crippen LogP) is 2.27. The largest absolute Gasteiger partial charge is 0.352 e. The van der Waals surface area contributed by atoms with Gasteiger partial charge in [0.05, 0.1) is 5.57 Å². The van der Waals surface area contributed by atoms with Crippen LogP contribution in [-0.4, -0.2) is 23.9 Å². The van der Waals surface area contributed by atoms with Crippen LogP contribution in [0.25, 0.3) is 0 Å². The van der Waals surface area contributed by atoms with Crippen LogP contribution in [0.2, 0.25) is 0 Å². The number of rotatable bonds is 7. The van der Waals surface area contributed by atoms with Crippen molar-refractivity contribution in [1.29, 1.82) is 0 Å². The highest BCUT2D eigenvalue weighted by Crippen LogP contribution is 2.19. The molecule has 4 heteroatoms. The molecule has 0 aromatic carbocycles. The maximum atomic E-state index is 12.0. The number of unbranched alkanes of at least 4 members (excludes halogenated alkanes) is 1. The van der Waals surface area contributed by atoms with Gasteiger partial charge in [0.15, 0.2) is 0 Å². The van der Waals surface area contributed by atoms with Crippen molar-refractivity contribution in [3.05, 3.63) is 23.3 Å². The summed E-state index contributed by atoms with van der Waals surface area (Å²) in [6.45, 7) is 3.50. The Bertz CT molecular complexity index is 372. The highest BCUT2D eigenvalue weighted by molar-refractivity contribution is 7.81. The van der Waals surface area contributed by atoms with Gasteiger partial charge in [0, 0.05) is 17.8 Å². The summed E-state index contributed by atoms with van der Waals surface area (Å²) in [7, 11) is 0. The Morgan fingerprint density at radius 2 is 2.28 bits per heavy atom. The van der Waals surface area contributed by atoms with Crippen molar-refractivity contribution in [3.63, 3.8) is 0 Å². The van der Waals surface area contributed by atoms with Crippen molar-refractivity contribution in [2.24, 2.45) is 5.73 Å². The molecule has 1 rings (SSSR count). The Morgan fingerprint density at radius 1 is 1.50 bits per heavy atom. The zero-order chi connectivity index (χ0) is 13.4. The zero-order valence-corrected chi connectivity index (χ0v) is 11.8. The molecule has 0 unspecified atom stereocenters. The van der Waals surface area contributed by atoms with E-state index in [0.29, 0.717) is 18.5 Å². The quantitative estimate of drug-likeness (QED) is 0.549. The van der Waals surface area contributed by atoms with Crippen molar-refractivity contribution in [3.8, 4) is 0 Å². The number of hydrogen-bond donors (Lipinski definition) is 2. The Balaban J connectivity index is 2.60. The standard InChI is InChI=1S/C14H22N2OS/c1-2-3-9-16-14(17)12-10-11(5-4-8-15)6-7-13(12)18/h6,10H,2-5,7-9,15H2,1H3,(H,16,17). The number of amides is 1. The summed E-state index contributed by atoms with van der Waals surface area (Å²) in [5.74, 6) is -0.0354. The SMILES string of the molecule is CCCCNC(=O)C1=CC(CCCN)=CCC1=S. The maximum Gasteiger partial charge on any atom is 0.252 e. The lowest BCUT2D eigenvalue weighted by molar-refractivity contribution is -0.117. The Labute approximate surface area is 115 Å². The minimum absolute atomic E-state index is 0.0354. The van der Waals surface area contributed by atoms with E-state index in [1.165, 1.54) is 5.57 Å². The van der Waals surface area contributed by atoms with Gasteiger partial charge in [-0.3, -0.25) is 4.79 Å². The highest BCUT2D eigenvalue weighted by atomic mass is 32.1. The third-order valence-electron chi connectivity index (χ3n) is 2.91. The maximum absolute atomic E-state index is 12.0. The molecule has 3 nitrogen and oxygen atoms in total. The van der Waals surface area contributed by atoms with Crippen LogP contribution in [0, 0.1) is 0 Å². The van der Waals surface area contributed by atoms with Gasteiger partial charge in [0.2, 0.25) is 0 Å². The lowest BCUT2D eigenvalue weighted by Gasteiger charge is -2.15. The van der Waals surface area contributed by atoms with Crippen LogP contribution in [0.3, 0.4) is 0 Å². The van der Waals surface area contributed by atoms with Gasteiger partial charge in [-0.15, -0.1) is 0 Å². The molecular weight excluding hydrogens is 244 g/mol. The lowest BCUT2D eigenvalue weighted by atomic mass is 9.96. The second kappa shape index (κ2) is 8.16. The topological polar surface area (TPSA) is 55.1 Å². The molecule has 18 heavy (non-hydrogen) atoms. The molecule has 0 atom stereocenters. The van der Waals surface area contributed by atoms with Gasteiger partial charge < -0.3 is 11.1 Å².